The van der Waals surface area contributed by atoms with Crippen molar-refractivity contribution in [3.8, 4) is 5.69 Å². The first-order valence-corrected chi connectivity index (χ1v) is 8.87. The van der Waals surface area contributed by atoms with E-state index in [4.69, 9.17) is 0 Å². The third-order valence-electron chi connectivity index (χ3n) is 5.57. The van der Waals surface area contributed by atoms with E-state index in [2.05, 4.69) is 10.00 Å². The molecule has 0 unspecified atom stereocenters. The Morgan fingerprint density at radius 3 is 2.73 bits per heavy atom. The molecule has 2 atom stereocenters. The number of aromatic nitrogens is 2. The van der Waals surface area contributed by atoms with Crippen LogP contribution in [0.2, 0.25) is 0 Å². The number of carbonyl (C=O) groups is 2. The van der Waals surface area contributed by atoms with Crippen molar-refractivity contribution in [3.05, 3.63) is 48.3 Å². The highest BCUT2D eigenvalue weighted by Crippen LogP contribution is 2.43. The Kier molecular flexibility index (Phi) is 4.03. The molecular formula is C19H22N4O3. The van der Waals surface area contributed by atoms with Crippen LogP contribution in [-0.4, -0.2) is 62.7 Å². The highest BCUT2D eigenvalue weighted by atomic mass is 16.4. The maximum absolute atomic E-state index is 12.5. The minimum Gasteiger partial charge on any atom is -0.481 e. The molecule has 7 heteroatoms. The second-order valence-corrected chi connectivity index (χ2v) is 7.16. The van der Waals surface area contributed by atoms with E-state index in [1.807, 2.05) is 48.1 Å². The zero-order chi connectivity index (χ0) is 18.3. The lowest BCUT2D eigenvalue weighted by Crippen LogP contribution is -2.40. The number of amides is 1. The molecule has 7 nitrogen and oxygen atoms in total. The lowest BCUT2D eigenvalue weighted by molar-refractivity contribution is -0.149. The van der Waals surface area contributed by atoms with Crippen LogP contribution in [0, 0.1) is 11.3 Å². The number of carboxylic acid groups (broad SMARTS) is 1. The number of carbonyl (C=O) groups excluding carboxylic acids is 1. The monoisotopic (exact) mass is 354 g/mol. The Morgan fingerprint density at radius 1 is 1.31 bits per heavy atom. The Labute approximate surface area is 151 Å². The largest absolute Gasteiger partial charge is 0.481 e. The predicted molar refractivity (Wildman–Crippen MR) is 94.7 cm³/mol. The van der Waals surface area contributed by atoms with Gasteiger partial charge < -0.3 is 10.0 Å². The molecule has 26 heavy (non-hydrogen) atoms. The topological polar surface area (TPSA) is 78.7 Å². The van der Waals surface area contributed by atoms with Gasteiger partial charge in [-0.05, 0) is 19.1 Å². The lowest BCUT2D eigenvalue weighted by atomic mass is 9.81. The SMILES string of the molecule is CCN1C[C@]2(C(=O)O)CN(Cc3cnn(-c4ccccc4)c3)C[C@@H]2C1=O. The average Bonchev–Trinajstić information content (AvgIpc) is 3.31. The average molecular weight is 354 g/mol. The zero-order valence-electron chi connectivity index (χ0n) is 14.7. The number of para-hydroxylation sites is 1. The molecule has 0 radical (unpaired) electrons. The summed E-state index contributed by atoms with van der Waals surface area (Å²) < 4.78 is 1.81. The van der Waals surface area contributed by atoms with E-state index in [1.54, 1.807) is 11.1 Å². The van der Waals surface area contributed by atoms with Crippen LogP contribution in [0.15, 0.2) is 42.7 Å². The van der Waals surface area contributed by atoms with Gasteiger partial charge in [-0.15, -0.1) is 0 Å². The Morgan fingerprint density at radius 2 is 2.08 bits per heavy atom. The van der Waals surface area contributed by atoms with Gasteiger partial charge in [-0.2, -0.15) is 5.10 Å². The summed E-state index contributed by atoms with van der Waals surface area (Å²) in [6.07, 6.45) is 3.76. The van der Waals surface area contributed by atoms with Crippen molar-refractivity contribution in [2.24, 2.45) is 11.3 Å². The Hall–Kier alpha value is -2.67. The van der Waals surface area contributed by atoms with E-state index in [0.29, 0.717) is 32.7 Å². The molecule has 1 aromatic heterocycles. The van der Waals surface area contributed by atoms with Gasteiger partial charge in [0, 0.05) is 44.5 Å². The molecule has 0 saturated carbocycles. The molecular weight excluding hydrogens is 332 g/mol. The first-order chi connectivity index (χ1) is 12.5. The number of fused-ring (bicyclic) bond motifs is 1. The molecule has 0 bridgehead atoms. The normalized spacial score (nSPS) is 25.7. The molecule has 2 aromatic rings. The molecule has 136 valence electrons. The van der Waals surface area contributed by atoms with Gasteiger partial charge in [0.25, 0.3) is 0 Å². The molecule has 2 aliphatic heterocycles. The van der Waals surface area contributed by atoms with Crippen LogP contribution >= 0.6 is 0 Å². The minimum absolute atomic E-state index is 0.0302. The number of nitrogens with zero attached hydrogens (tertiary/aromatic N) is 4. The van der Waals surface area contributed by atoms with Crippen molar-refractivity contribution < 1.29 is 14.7 Å². The predicted octanol–water partition coefficient (Wildman–Crippen LogP) is 1.24. The van der Waals surface area contributed by atoms with Gasteiger partial charge in [-0.1, -0.05) is 18.2 Å². The van der Waals surface area contributed by atoms with Crippen molar-refractivity contribution >= 4 is 11.9 Å². The van der Waals surface area contributed by atoms with Crippen LogP contribution < -0.4 is 0 Å². The molecule has 1 amide bonds. The summed E-state index contributed by atoms with van der Waals surface area (Å²) in [5.74, 6) is -1.35. The lowest BCUT2D eigenvalue weighted by Gasteiger charge is -2.24. The van der Waals surface area contributed by atoms with Gasteiger partial charge >= 0.3 is 5.97 Å². The number of aliphatic carboxylic acids is 1. The number of benzene rings is 1. The molecule has 3 heterocycles. The van der Waals surface area contributed by atoms with Gasteiger partial charge in [-0.25, -0.2) is 4.68 Å². The molecule has 2 aliphatic rings. The molecule has 4 rings (SSSR count). The number of rotatable bonds is 5. The Bertz CT molecular complexity index is 834. The van der Waals surface area contributed by atoms with E-state index in [0.717, 1.165) is 11.3 Å². The summed E-state index contributed by atoms with van der Waals surface area (Å²) in [4.78, 5) is 28.2. The van der Waals surface area contributed by atoms with Crippen LogP contribution in [0.3, 0.4) is 0 Å². The van der Waals surface area contributed by atoms with Crippen LogP contribution in [0.1, 0.15) is 12.5 Å². The van der Waals surface area contributed by atoms with Crippen LogP contribution in [0.5, 0.6) is 0 Å². The molecule has 1 aromatic carbocycles. The summed E-state index contributed by atoms with van der Waals surface area (Å²) >= 11 is 0. The van der Waals surface area contributed by atoms with Gasteiger partial charge in [-0.3, -0.25) is 14.5 Å². The number of hydrogen-bond donors (Lipinski definition) is 1. The summed E-state index contributed by atoms with van der Waals surface area (Å²) in [5, 5.41) is 14.2. The summed E-state index contributed by atoms with van der Waals surface area (Å²) in [5.41, 5.74) is 1.00. The molecule has 2 saturated heterocycles. The Balaban J connectivity index is 1.51. The van der Waals surface area contributed by atoms with Crippen molar-refractivity contribution in [3.63, 3.8) is 0 Å². The third-order valence-corrected chi connectivity index (χ3v) is 5.57. The highest BCUT2D eigenvalue weighted by Gasteiger charge is 2.61. The quantitative estimate of drug-likeness (QED) is 0.874. The maximum Gasteiger partial charge on any atom is 0.313 e. The van der Waals surface area contributed by atoms with Gasteiger partial charge in [0.2, 0.25) is 5.91 Å². The zero-order valence-corrected chi connectivity index (χ0v) is 14.7. The molecule has 2 fully saturated rings. The first kappa shape index (κ1) is 16.8. The number of likely N-dealkylation sites (tertiary alicyclic amines) is 2. The van der Waals surface area contributed by atoms with E-state index < -0.39 is 17.3 Å². The summed E-state index contributed by atoms with van der Waals surface area (Å²) in [7, 11) is 0. The minimum atomic E-state index is -0.984. The van der Waals surface area contributed by atoms with Crippen molar-refractivity contribution in [2.75, 3.05) is 26.2 Å². The van der Waals surface area contributed by atoms with Crippen molar-refractivity contribution in [1.82, 2.24) is 19.6 Å². The third kappa shape index (κ3) is 2.59. The van der Waals surface area contributed by atoms with Crippen LogP contribution in [-0.2, 0) is 16.1 Å². The summed E-state index contributed by atoms with van der Waals surface area (Å²) in [6, 6.07) is 9.84. The van der Waals surface area contributed by atoms with Gasteiger partial charge in [0.05, 0.1) is 17.8 Å². The van der Waals surface area contributed by atoms with E-state index >= 15 is 0 Å². The highest BCUT2D eigenvalue weighted by molar-refractivity contribution is 5.92. The smallest absolute Gasteiger partial charge is 0.313 e. The fourth-order valence-electron chi connectivity index (χ4n) is 4.21. The van der Waals surface area contributed by atoms with Gasteiger partial charge in [0.1, 0.15) is 5.41 Å². The number of hydrogen-bond acceptors (Lipinski definition) is 4. The van der Waals surface area contributed by atoms with Crippen LogP contribution in [0.4, 0.5) is 0 Å². The second-order valence-electron chi connectivity index (χ2n) is 7.16. The van der Waals surface area contributed by atoms with Crippen molar-refractivity contribution in [1.29, 1.82) is 0 Å². The maximum atomic E-state index is 12.5. The number of carboxylic acids is 1. The molecule has 0 aliphatic carbocycles. The van der Waals surface area contributed by atoms with E-state index in [-0.39, 0.29) is 5.91 Å². The van der Waals surface area contributed by atoms with E-state index in [9.17, 15) is 14.7 Å². The van der Waals surface area contributed by atoms with E-state index in [1.165, 1.54) is 0 Å². The fraction of sp³-hybridized carbons (Fsp3) is 0.421. The second kappa shape index (κ2) is 6.25. The van der Waals surface area contributed by atoms with Crippen LogP contribution in [0.25, 0.3) is 5.69 Å². The summed E-state index contributed by atoms with van der Waals surface area (Å²) in [6.45, 7) is 4.24. The standard InChI is InChI=1S/C19H22N4O3/c1-2-22-13-19(18(25)26)12-21(11-16(19)17(22)24)9-14-8-20-23(10-14)15-6-4-3-5-7-15/h3-8,10,16H,2,9,11-13H2,1H3,(H,25,26)/t16-,19-/m1/s1. The van der Waals surface area contributed by atoms with Gasteiger partial charge in [0.15, 0.2) is 0 Å². The van der Waals surface area contributed by atoms with Crippen molar-refractivity contribution in [2.45, 2.75) is 13.5 Å². The molecule has 1 N–H and O–H groups in total. The first-order valence-electron chi connectivity index (χ1n) is 8.87. The fourth-order valence-corrected chi connectivity index (χ4v) is 4.21. The molecule has 0 spiro atoms.